The summed E-state index contributed by atoms with van der Waals surface area (Å²) in [6.07, 6.45) is 1.56. The van der Waals surface area contributed by atoms with E-state index in [1.54, 1.807) is 0 Å². The van der Waals surface area contributed by atoms with Gasteiger partial charge < -0.3 is 10.1 Å². The maximum atomic E-state index is 5.78. The standard InChI is InChI=1S/C12H17NO/c1-10-3-2-4-11(7-10)9-14-12-5-6-13-8-12/h2-4,7,12-13H,5-6,8-9H2,1H3/t12-/m0/s1. The molecule has 14 heavy (non-hydrogen) atoms. The van der Waals surface area contributed by atoms with Gasteiger partial charge in [-0.25, -0.2) is 0 Å². The molecule has 0 bridgehead atoms. The molecule has 2 rings (SSSR count). The smallest absolute Gasteiger partial charge is 0.0721 e. The van der Waals surface area contributed by atoms with Gasteiger partial charge in [0, 0.05) is 6.54 Å². The van der Waals surface area contributed by atoms with Gasteiger partial charge in [-0.15, -0.1) is 0 Å². The van der Waals surface area contributed by atoms with Crippen molar-refractivity contribution in [3.63, 3.8) is 0 Å². The number of ether oxygens (including phenoxy) is 1. The Morgan fingerprint density at radius 3 is 3.14 bits per heavy atom. The number of nitrogens with one attached hydrogen (secondary N) is 1. The Kier molecular flexibility index (Phi) is 3.17. The van der Waals surface area contributed by atoms with E-state index in [1.165, 1.54) is 11.1 Å². The third-order valence-electron chi connectivity index (χ3n) is 2.58. The van der Waals surface area contributed by atoms with Crippen molar-refractivity contribution in [1.82, 2.24) is 5.32 Å². The molecular weight excluding hydrogens is 174 g/mol. The lowest BCUT2D eigenvalue weighted by Crippen LogP contribution is -2.16. The second kappa shape index (κ2) is 4.58. The number of hydrogen-bond donors (Lipinski definition) is 1. The van der Waals surface area contributed by atoms with Crippen molar-refractivity contribution in [2.45, 2.75) is 26.1 Å². The molecule has 0 radical (unpaired) electrons. The van der Waals surface area contributed by atoms with Crippen molar-refractivity contribution < 1.29 is 4.74 Å². The zero-order valence-corrected chi connectivity index (χ0v) is 8.62. The first kappa shape index (κ1) is 9.69. The fourth-order valence-electron chi connectivity index (χ4n) is 1.79. The average Bonchev–Trinajstić information content (AvgIpc) is 2.67. The van der Waals surface area contributed by atoms with Gasteiger partial charge in [0.25, 0.3) is 0 Å². The summed E-state index contributed by atoms with van der Waals surface area (Å²) < 4.78 is 5.78. The Morgan fingerprint density at radius 1 is 1.50 bits per heavy atom. The van der Waals surface area contributed by atoms with E-state index in [9.17, 15) is 0 Å². The fraction of sp³-hybridized carbons (Fsp3) is 0.500. The largest absolute Gasteiger partial charge is 0.372 e. The van der Waals surface area contributed by atoms with Crippen molar-refractivity contribution in [2.75, 3.05) is 13.1 Å². The minimum atomic E-state index is 0.413. The van der Waals surface area contributed by atoms with Gasteiger partial charge in [0.2, 0.25) is 0 Å². The van der Waals surface area contributed by atoms with Crippen LogP contribution in [0.1, 0.15) is 17.5 Å². The topological polar surface area (TPSA) is 21.3 Å². The first-order chi connectivity index (χ1) is 6.84. The zero-order valence-electron chi connectivity index (χ0n) is 8.62. The molecule has 1 fully saturated rings. The molecule has 2 nitrogen and oxygen atoms in total. The van der Waals surface area contributed by atoms with Crippen LogP contribution < -0.4 is 5.32 Å². The van der Waals surface area contributed by atoms with Crippen LogP contribution in [0.3, 0.4) is 0 Å². The molecule has 0 spiro atoms. The Hall–Kier alpha value is -0.860. The van der Waals surface area contributed by atoms with E-state index in [0.29, 0.717) is 6.10 Å². The van der Waals surface area contributed by atoms with Crippen LogP contribution in [0.15, 0.2) is 24.3 Å². The predicted molar refractivity (Wildman–Crippen MR) is 57.2 cm³/mol. The average molecular weight is 191 g/mol. The Balaban J connectivity index is 1.85. The van der Waals surface area contributed by atoms with Crippen LogP contribution in [0, 0.1) is 6.92 Å². The van der Waals surface area contributed by atoms with Gasteiger partial charge in [0.15, 0.2) is 0 Å². The highest BCUT2D eigenvalue weighted by molar-refractivity contribution is 5.21. The number of benzene rings is 1. The summed E-state index contributed by atoms with van der Waals surface area (Å²) in [4.78, 5) is 0. The number of hydrogen-bond acceptors (Lipinski definition) is 2. The van der Waals surface area contributed by atoms with Crippen LogP contribution in [-0.4, -0.2) is 19.2 Å². The van der Waals surface area contributed by atoms with Crippen LogP contribution in [0.4, 0.5) is 0 Å². The first-order valence-electron chi connectivity index (χ1n) is 5.22. The van der Waals surface area contributed by atoms with Gasteiger partial charge in [0.1, 0.15) is 0 Å². The molecule has 0 aromatic heterocycles. The highest BCUT2D eigenvalue weighted by Gasteiger charge is 2.14. The third-order valence-corrected chi connectivity index (χ3v) is 2.58. The van der Waals surface area contributed by atoms with Gasteiger partial charge in [-0.3, -0.25) is 0 Å². The summed E-state index contributed by atoms with van der Waals surface area (Å²) in [6, 6.07) is 8.50. The molecule has 0 unspecified atom stereocenters. The van der Waals surface area contributed by atoms with Crippen LogP contribution in [0.25, 0.3) is 0 Å². The quantitative estimate of drug-likeness (QED) is 0.787. The summed E-state index contributed by atoms with van der Waals surface area (Å²) in [5.74, 6) is 0. The van der Waals surface area contributed by atoms with Gasteiger partial charge in [-0.2, -0.15) is 0 Å². The lowest BCUT2D eigenvalue weighted by Gasteiger charge is -2.10. The highest BCUT2D eigenvalue weighted by atomic mass is 16.5. The van der Waals surface area contributed by atoms with Crippen molar-refractivity contribution in [3.05, 3.63) is 35.4 Å². The number of rotatable bonds is 3. The second-order valence-electron chi connectivity index (χ2n) is 3.91. The van der Waals surface area contributed by atoms with Crippen molar-refractivity contribution >= 4 is 0 Å². The van der Waals surface area contributed by atoms with E-state index in [-0.39, 0.29) is 0 Å². The van der Waals surface area contributed by atoms with Crippen molar-refractivity contribution in [3.8, 4) is 0 Å². The van der Waals surface area contributed by atoms with Crippen molar-refractivity contribution in [1.29, 1.82) is 0 Å². The van der Waals surface area contributed by atoms with E-state index in [1.807, 2.05) is 0 Å². The van der Waals surface area contributed by atoms with E-state index in [4.69, 9.17) is 4.74 Å². The van der Waals surface area contributed by atoms with E-state index in [0.717, 1.165) is 26.1 Å². The summed E-state index contributed by atoms with van der Waals surface area (Å²) in [5, 5.41) is 3.29. The summed E-state index contributed by atoms with van der Waals surface area (Å²) in [7, 11) is 0. The predicted octanol–water partition coefficient (Wildman–Crippen LogP) is 1.87. The zero-order chi connectivity index (χ0) is 9.80. The normalized spacial score (nSPS) is 21.4. The van der Waals surface area contributed by atoms with Crippen molar-refractivity contribution in [2.24, 2.45) is 0 Å². The van der Waals surface area contributed by atoms with Gasteiger partial charge in [-0.1, -0.05) is 29.8 Å². The fourth-order valence-corrected chi connectivity index (χ4v) is 1.79. The maximum absolute atomic E-state index is 5.78. The summed E-state index contributed by atoms with van der Waals surface area (Å²) >= 11 is 0. The minimum Gasteiger partial charge on any atom is -0.372 e. The van der Waals surface area contributed by atoms with Gasteiger partial charge in [-0.05, 0) is 25.5 Å². The number of aryl methyl sites for hydroxylation is 1. The third kappa shape index (κ3) is 2.56. The lowest BCUT2D eigenvalue weighted by atomic mass is 10.1. The molecule has 1 heterocycles. The molecule has 1 aliphatic heterocycles. The molecule has 0 aliphatic carbocycles. The molecule has 2 heteroatoms. The highest BCUT2D eigenvalue weighted by Crippen LogP contribution is 2.09. The lowest BCUT2D eigenvalue weighted by molar-refractivity contribution is 0.0542. The molecule has 76 valence electrons. The maximum Gasteiger partial charge on any atom is 0.0721 e. The molecule has 0 amide bonds. The molecular formula is C12H17NO. The Morgan fingerprint density at radius 2 is 2.43 bits per heavy atom. The second-order valence-corrected chi connectivity index (χ2v) is 3.91. The van der Waals surface area contributed by atoms with E-state index >= 15 is 0 Å². The van der Waals surface area contributed by atoms with Gasteiger partial charge in [0.05, 0.1) is 12.7 Å². The SMILES string of the molecule is Cc1cccc(CO[C@H]2CCNC2)c1. The molecule has 1 aliphatic rings. The summed E-state index contributed by atoms with van der Waals surface area (Å²) in [5.41, 5.74) is 2.58. The first-order valence-corrected chi connectivity index (χ1v) is 5.22. The molecule has 1 N–H and O–H groups in total. The summed E-state index contributed by atoms with van der Waals surface area (Å²) in [6.45, 7) is 4.96. The molecule has 1 aromatic carbocycles. The van der Waals surface area contributed by atoms with Crippen LogP contribution in [-0.2, 0) is 11.3 Å². The Labute approximate surface area is 85.3 Å². The van der Waals surface area contributed by atoms with E-state index in [2.05, 4.69) is 36.5 Å². The van der Waals surface area contributed by atoms with Crippen LogP contribution in [0.5, 0.6) is 0 Å². The molecule has 1 saturated heterocycles. The monoisotopic (exact) mass is 191 g/mol. The molecule has 0 saturated carbocycles. The molecule has 1 atom stereocenters. The molecule has 1 aromatic rings. The van der Waals surface area contributed by atoms with E-state index < -0.39 is 0 Å². The minimum absolute atomic E-state index is 0.413. The van der Waals surface area contributed by atoms with Crippen LogP contribution >= 0.6 is 0 Å². The Bertz CT molecular complexity index is 292. The van der Waals surface area contributed by atoms with Crippen LogP contribution in [0.2, 0.25) is 0 Å². The van der Waals surface area contributed by atoms with Gasteiger partial charge >= 0.3 is 0 Å².